The van der Waals surface area contributed by atoms with E-state index in [9.17, 15) is 4.79 Å². The molecule has 5 heteroatoms. The minimum absolute atomic E-state index is 0.640. The number of rotatable bonds is 4. The Morgan fingerprint density at radius 1 is 1.50 bits per heavy atom. The minimum Gasteiger partial charge on any atom is -0.479 e. The summed E-state index contributed by atoms with van der Waals surface area (Å²) in [6.45, 7) is 1.53. The average Bonchev–Trinajstić information content (AvgIpc) is 2.18. The topological polar surface area (TPSA) is 40.5 Å². The summed E-state index contributed by atoms with van der Waals surface area (Å²) in [6.07, 6.45) is 3.03. The number of halogens is 2. The van der Waals surface area contributed by atoms with Gasteiger partial charge in [-0.05, 0) is 25.2 Å². The monoisotopic (exact) mass is 239 g/mol. The van der Waals surface area contributed by atoms with Crippen LogP contribution in [0.25, 0.3) is 0 Å². The van der Waals surface area contributed by atoms with E-state index < -0.39 is 11.5 Å². The summed E-state index contributed by atoms with van der Waals surface area (Å²) in [7, 11) is 0. The van der Waals surface area contributed by atoms with Gasteiger partial charge in [-0.2, -0.15) is 0 Å². The van der Waals surface area contributed by atoms with Crippen molar-refractivity contribution in [3.63, 3.8) is 0 Å². The van der Waals surface area contributed by atoms with Crippen molar-refractivity contribution in [2.24, 2.45) is 5.92 Å². The van der Waals surface area contributed by atoms with Crippen LogP contribution in [0.3, 0.4) is 0 Å². The van der Waals surface area contributed by atoms with Crippen LogP contribution < -0.4 is 0 Å². The summed E-state index contributed by atoms with van der Waals surface area (Å²) in [5, 5.41) is 8.71. The molecule has 0 amide bonds. The molecule has 0 aromatic carbocycles. The second-order valence-electron chi connectivity index (χ2n) is 3.63. The number of carbonyl (C=O) groups is 1. The molecule has 0 aromatic rings. The van der Waals surface area contributed by atoms with Crippen molar-refractivity contribution >= 4 is 29.2 Å². The molecule has 0 aromatic heterocycles. The molecule has 14 heavy (non-hydrogen) atoms. The molecule has 1 N–H and O–H groups in total. The highest BCUT2D eigenvalue weighted by atomic mass is 35.5. The third-order valence-electron chi connectivity index (χ3n) is 2.69. The van der Waals surface area contributed by atoms with Gasteiger partial charge in [-0.3, -0.25) is 4.90 Å². The van der Waals surface area contributed by atoms with Gasteiger partial charge in [0.15, 0.2) is 5.50 Å². The third kappa shape index (κ3) is 3.30. The Morgan fingerprint density at radius 3 is 2.50 bits per heavy atom. The Labute approximate surface area is 94.0 Å². The zero-order chi connectivity index (χ0) is 10.6. The lowest BCUT2D eigenvalue weighted by molar-refractivity contribution is -0.140. The first-order valence-corrected chi connectivity index (χ1v) is 5.79. The molecular weight excluding hydrogens is 225 g/mol. The Morgan fingerprint density at radius 2 is 2.07 bits per heavy atom. The number of carboxylic acid groups (broad SMARTS) is 1. The Hall–Kier alpha value is 0.01000. The summed E-state index contributed by atoms with van der Waals surface area (Å²) in [4.78, 5) is 12.4. The molecule has 1 aliphatic rings. The first kappa shape index (κ1) is 12.1. The van der Waals surface area contributed by atoms with Crippen LogP contribution in [-0.4, -0.2) is 40.4 Å². The molecular formula is C9H15Cl2NO2. The minimum atomic E-state index is -0.956. The van der Waals surface area contributed by atoms with Crippen LogP contribution in [0.15, 0.2) is 0 Å². The first-order chi connectivity index (χ1) is 6.65. The molecule has 1 aliphatic heterocycles. The maximum Gasteiger partial charge on any atom is 0.336 e. The number of alkyl halides is 2. The average molecular weight is 240 g/mol. The molecule has 0 aliphatic carbocycles. The Bertz CT molecular complexity index is 193. The van der Waals surface area contributed by atoms with E-state index in [0.717, 1.165) is 32.4 Å². The fourth-order valence-corrected chi connectivity index (χ4v) is 2.28. The number of aliphatic carboxylic acids is 1. The van der Waals surface area contributed by atoms with Gasteiger partial charge in [0.1, 0.15) is 0 Å². The number of carboxylic acids is 1. The standard InChI is InChI=1S/C9H15Cl2NO2/c10-4-1-7-2-5-12(6-3-7)8(11)9(13)14/h7-8H,1-6H2,(H,13,14). The highest BCUT2D eigenvalue weighted by Gasteiger charge is 2.27. The van der Waals surface area contributed by atoms with E-state index >= 15 is 0 Å². The third-order valence-corrected chi connectivity index (χ3v) is 3.37. The van der Waals surface area contributed by atoms with Crippen LogP contribution in [0.4, 0.5) is 0 Å². The van der Waals surface area contributed by atoms with E-state index in [1.807, 2.05) is 0 Å². The number of hydrogen-bond acceptors (Lipinski definition) is 2. The van der Waals surface area contributed by atoms with Crippen molar-refractivity contribution in [1.82, 2.24) is 4.90 Å². The molecule has 0 bridgehead atoms. The molecule has 3 nitrogen and oxygen atoms in total. The molecule has 1 saturated heterocycles. The van der Waals surface area contributed by atoms with Crippen molar-refractivity contribution in [1.29, 1.82) is 0 Å². The lowest BCUT2D eigenvalue weighted by atomic mass is 9.94. The van der Waals surface area contributed by atoms with Gasteiger partial charge >= 0.3 is 5.97 Å². The molecule has 0 radical (unpaired) electrons. The van der Waals surface area contributed by atoms with Gasteiger partial charge in [-0.1, -0.05) is 11.6 Å². The second-order valence-corrected chi connectivity index (χ2v) is 4.42. The maximum absolute atomic E-state index is 10.6. The molecule has 1 atom stereocenters. The van der Waals surface area contributed by atoms with Crippen LogP contribution in [-0.2, 0) is 4.79 Å². The van der Waals surface area contributed by atoms with Crippen LogP contribution >= 0.6 is 23.2 Å². The second kappa shape index (κ2) is 5.79. The summed E-state index contributed by atoms with van der Waals surface area (Å²) in [6, 6.07) is 0. The lowest BCUT2D eigenvalue weighted by Crippen LogP contribution is -2.42. The Balaban J connectivity index is 2.31. The van der Waals surface area contributed by atoms with E-state index in [-0.39, 0.29) is 0 Å². The van der Waals surface area contributed by atoms with E-state index in [0.29, 0.717) is 11.8 Å². The zero-order valence-electron chi connectivity index (χ0n) is 7.96. The normalized spacial score (nSPS) is 22.1. The highest BCUT2D eigenvalue weighted by Crippen LogP contribution is 2.23. The zero-order valence-corrected chi connectivity index (χ0v) is 9.47. The van der Waals surface area contributed by atoms with E-state index in [2.05, 4.69) is 0 Å². The molecule has 1 fully saturated rings. The lowest BCUT2D eigenvalue weighted by Gasteiger charge is -2.32. The van der Waals surface area contributed by atoms with Crippen molar-refractivity contribution in [2.75, 3.05) is 19.0 Å². The van der Waals surface area contributed by atoms with Gasteiger partial charge in [0.25, 0.3) is 0 Å². The summed E-state index contributed by atoms with van der Waals surface area (Å²) < 4.78 is 0. The van der Waals surface area contributed by atoms with Crippen LogP contribution in [0.1, 0.15) is 19.3 Å². The smallest absolute Gasteiger partial charge is 0.336 e. The van der Waals surface area contributed by atoms with E-state index in [1.165, 1.54) is 0 Å². The van der Waals surface area contributed by atoms with Gasteiger partial charge in [-0.25, -0.2) is 4.79 Å². The number of piperidine rings is 1. The van der Waals surface area contributed by atoms with Crippen LogP contribution in [0, 0.1) is 5.92 Å². The van der Waals surface area contributed by atoms with Gasteiger partial charge in [0.2, 0.25) is 0 Å². The quantitative estimate of drug-likeness (QED) is 0.603. The molecule has 1 rings (SSSR count). The van der Waals surface area contributed by atoms with Crippen molar-refractivity contribution < 1.29 is 9.90 Å². The molecule has 0 saturated carbocycles. The predicted octanol–water partition coefficient (Wildman–Crippen LogP) is 1.98. The number of likely N-dealkylation sites (tertiary alicyclic amines) is 1. The van der Waals surface area contributed by atoms with E-state index in [1.54, 1.807) is 4.90 Å². The molecule has 82 valence electrons. The van der Waals surface area contributed by atoms with Crippen molar-refractivity contribution in [3.8, 4) is 0 Å². The largest absolute Gasteiger partial charge is 0.479 e. The van der Waals surface area contributed by atoms with Gasteiger partial charge in [-0.15, -0.1) is 11.6 Å². The summed E-state index contributed by atoms with van der Waals surface area (Å²) in [5.41, 5.74) is -0.869. The summed E-state index contributed by atoms with van der Waals surface area (Å²) in [5.74, 6) is 0.373. The fraction of sp³-hybridized carbons (Fsp3) is 0.889. The van der Waals surface area contributed by atoms with Gasteiger partial charge < -0.3 is 5.11 Å². The van der Waals surface area contributed by atoms with Gasteiger partial charge in [0.05, 0.1) is 0 Å². The number of hydrogen-bond donors (Lipinski definition) is 1. The molecule has 1 heterocycles. The van der Waals surface area contributed by atoms with Crippen LogP contribution in [0.2, 0.25) is 0 Å². The predicted molar refractivity (Wildman–Crippen MR) is 56.9 cm³/mol. The van der Waals surface area contributed by atoms with Crippen LogP contribution in [0.5, 0.6) is 0 Å². The van der Waals surface area contributed by atoms with E-state index in [4.69, 9.17) is 28.3 Å². The highest BCUT2D eigenvalue weighted by molar-refractivity contribution is 6.29. The Kier molecular flexibility index (Phi) is 4.99. The first-order valence-electron chi connectivity index (χ1n) is 4.82. The van der Waals surface area contributed by atoms with Crippen molar-refractivity contribution in [2.45, 2.75) is 24.8 Å². The summed E-state index contributed by atoms with van der Waals surface area (Å²) >= 11 is 11.4. The maximum atomic E-state index is 10.6. The van der Waals surface area contributed by atoms with Gasteiger partial charge in [0, 0.05) is 19.0 Å². The molecule has 1 unspecified atom stereocenters. The van der Waals surface area contributed by atoms with Crippen molar-refractivity contribution in [3.05, 3.63) is 0 Å². The molecule has 0 spiro atoms. The number of nitrogens with zero attached hydrogens (tertiary/aromatic N) is 1. The SMILES string of the molecule is O=C(O)C(Cl)N1CCC(CCCl)CC1. The fourth-order valence-electron chi connectivity index (χ4n) is 1.78.